The highest BCUT2D eigenvalue weighted by atomic mass is 16.8. The van der Waals surface area contributed by atoms with Crippen LogP contribution in [-0.4, -0.2) is 188 Å². The quantitative estimate of drug-likeness (QED) is 0.104. The number of aliphatic hydroxyl groups is 8. The second-order valence-electron chi connectivity index (χ2n) is 22.3. The molecule has 9 aliphatic rings. The molecule has 20 heteroatoms. The molecule has 0 amide bonds. The molecule has 0 unspecified atom stereocenters. The minimum Gasteiger partial charge on any atom is -0.459 e. The molecule has 0 spiro atoms. The predicted octanol–water partition coefficient (Wildman–Crippen LogP) is 0.613. The number of cyclic esters (lactones) is 1. The molecule has 0 bridgehead atoms. The van der Waals surface area contributed by atoms with E-state index in [2.05, 4.69) is 13.8 Å². The first-order valence-electron chi connectivity index (χ1n) is 25.3. The van der Waals surface area contributed by atoms with Crippen LogP contribution in [0.4, 0.5) is 0 Å². The maximum absolute atomic E-state index is 12.6. The Morgan fingerprint density at radius 3 is 1.93 bits per heavy atom. The van der Waals surface area contributed by atoms with Gasteiger partial charge in [0.2, 0.25) is 0 Å². The van der Waals surface area contributed by atoms with Crippen molar-refractivity contribution in [1.29, 1.82) is 0 Å². The van der Waals surface area contributed by atoms with Crippen molar-refractivity contribution in [3.63, 3.8) is 0 Å². The molecule has 5 heterocycles. The van der Waals surface area contributed by atoms with E-state index in [1.54, 1.807) is 13.8 Å². The van der Waals surface area contributed by atoms with Gasteiger partial charge in [0.15, 0.2) is 25.2 Å². The summed E-state index contributed by atoms with van der Waals surface area (Å²) in [7, 11) is 0. The molecule has 69 heavy (non-hydrogen) atoms. The van der Waals surface area contributed by atoms with Crippen LogP contribution in [0.1, 0.15) is 112 Å². The van der Waals surface area contributed by atoms with Crippen molar-refractivity contribution in [2.45, 2.75) is 234 Å². The van der Waals surface area contributed by atoms with Gasteiger partial charge in [-0.2, -0.15) is 0 Å². The van der Waals surface area contributed by atoms with Crippen LogP contribution < -0.4 is 0 Å². The first kappa shape index (κ1) is 51.9. The zero-order chi connectivity index (χ0) is 49.5. The topological polar surface area (TPSA) is 288 Å². The van der Waals surface area contributed by atoms with Gasteiger partial charge >= 0.3 is 11.9 Å². The van der Waals surface area contributed by atoms with Crippen molar-refractivity contribution < 1.29 is 97.8 Å². The molecule has 0 aromatic heterocycles. The summed E-state index contributed by atoms with van der Waals surface area (Å²) in [5, 5.41) is 87.5. The third kappa shape index (κ3) is 9.59. The number of hydrogen-bond donors (Lipinski definition) is 8. The Morgan fingerprint density at radius 1 is 0.710 bits per heavy atom. The van der Waals surface area contributed by atoms with Crippen LogP contribution in [-0.2, 0) is 57.0 Å². The fourth-order valence-corrected chi connectivity index (χ4v) is 14.7. The lowest BCUT2D eigenvalue weighted by molar-refractivity contribution is -0.355. The second kappa shape index (κ2) is 20.0. The van der Waals surface area contributed by atoms with Crippen molar-refractivity contribution in [3.8, 4) is 0 Å². The van der Waals surface area contributed by atoms with E-state index in [0.717, 1.165) is 50.5 Å². The fraction of sp³-hybridized carbons (Fsp3) is 0.918. The molecule has 26 atom stereocenters. The van der Waals surface area contributed by atoms with Gasteiger partial charge < -0.3 is 88.2 Å². The summed E-state index contributed by atoms with van der Waals surface area (Å²) < 4.78 is 60.1. The van der Waals surface area contributed by atoms with Crippen molar-refractivity contribution in [3.05, 3.63) is 11.6 Å². The van der Waals surface area contributed by atoms with Gasteiger partial charge in [0.05, 0.1) is 54.9 Å². The molecule has 4 aliphatic carbocycles. The van der Waals surface area contributed by atoms with E-state index in [9.17, 15) is 50.4 Å². The highest BCUT2D eigenvalue weighted by Gasteiger charge is 2.70. The smallest absolute Gasteiger partial charge is 0.331 e. The molecular weight excluding hydrogens is 909 g/mol. The first-order chi connectivity index (χ1) is 32.6. The van der Waals surface area contributed by atoms with Crippen LogP contribution >= 0.6 is 0 Å². The highest BCUT2D eigenvalue weighted by molar-refractivity contribution is 5.85. The third-order valence-electron chi connectivity index (χ3n) is 18.2. The summed E-state index contributed by atoms with van der Waals surface area (Å²) in [4.78, 5) is 24.2. The minimum absolute atomic E-state index is 0.000687. The summed E-state index contributed by atoms with van der Waals surface area (Å²) in [6.07, 6.45) is -10.8. The van der Waals surface area contributed by atoms with E-state index < -0.39 is 134 Å². The van der Waals surface area contributed by atoms with Crippen LogP contribution in [0.5, 0.6) is 0 Å². The van der Waals surface area contributed by atoms with Gasteiger partial charge in [0.25, 0.3) is 0 Å². The molecule has 0 aromatic rings. The molecule has 4 saturated heterocycles. The van der Waals surface area contributed by atoms with Crippen molar-refractivity contribution in [2.75, 3.05) is 13.2 Å². The zero-order valence-electron chi connectivity index (χ0n) is 40.5. The Labute approximate surface area is 402 Å². The number of fused-ring (bicyclic) bond motifs is 5. The van der Waals surface area contributed by atoms with Crippen LogP contribution in [0, 0.1) is 34.5 Å². The molecule has 0 aromatic carbocycles. The van der Waals surface area contributed by atoms with Gasteiger partial charge in [-0.1, -0.05) is 13.8 Å². The van der Waals surface area contributed by atoms with Gasteiger partial charge in [-0.05, 0) is 94.5 Å². The Balaban J connectivity index is 0.749. The molecule has 0 radical (unpaired) electrons. The Bertz CT molecular complexity index is 1850. The average molecular weight is 985 g/mol. The van der Waals surface area contributed by atoms with Gasteiger partial charge in [-0.25, -0.2) is 4.79 Å². The van der Waals surface area contributed by atoms with E-state index in [-0.39, 0.29) is 55.2 Å². The van der Waals surface area contributed by atoms with Crippen LogP contribution in [0.25, 0.3) is 0 Å². The number of aliphatic hydroxyl groups excluding tert-OH is 7. The third-order valence-corrected chi connectivity index (χ3v) is 18.2. The average Bonchev–Trinajstić information content (AvgIpc) is 3.79. The number of ether oxygens (including phenoxy) is 10. The molecular formula is C49H76O20. The molecule has 9 rings (SSSR count). The molecule has 4 saturated carbocycles. The van der Waals surface area contributed by atoms with E-state index in [0.29, 0.717) is 18.3 Å². The molecule has 8 N–H and O–H groups in total. The van der Waals surface area contributed by atoms with E-state index in [4.69, 9.17) is 47.4 Å². The largest absolute Gasteiger partial charge is 0.459 e. The number of rotatable bonds is 11. The molecule has 5 aliphatic heterocycles. The number of esters is 2. The maximum atomic E-state index is 12.6. The summed E-state index contributed by atoms with van der Waals surface area (Å²) in [6, 6.07) is 0. The lowest BCUT2D eigenvalue weighted by Crippen LogP contribution is -2.62. The highest BCUT2D eigenvalue weighted by Crippen LogP contribution is 2.70. The van der Waals surface area contributed by atoms with Gasteiger partial charge in [-0.3, -0.25) is 4.79 Å². The lowest BCUT2D eigenvalue weighted by Gasteiger charge is -2.63. The van der Waals surface area contributed by atoms with Crippen LogP contribution in [0.15, 0.2) is 11.6 Å². The summed E-state index contributed by atoms with van der Waals surface area (Å²) in [5.41, 5.74) is -0.809. The monoisotopic (exact) mass is 984 g/mol. The van der Waals surface area contributed by atoms with Gasteiger partial charge in [0.1, 0.15) is 55.4 Å². The standard InChI is InChI=1S/C49H76O20/c1-21-43(67-37-16-31(53)44(22(2)62-37)68-38-17-33(64-24(4)51)45(23(3)63-38)69-46-42(58)41(57)40(56)34(19-50)66-46)30(52)15-36(61-21)65-27-9-11-47(5)26(14-27)7-8-29-28(47)10-12-48(6)39(25-13-35(55)60-20-25)32(54)18-49(29,48)59/h13,21-23,26-34,36-46,50,52-54,56-59H,7-12,14-20H2,1-6H3/t21-,22-,23-,26+,27+,28-,29+,30+,31+,32-,33+,34+,36-,37-,38-,39-,40+,41-,42+,43+,44+,45+,46-,47-,48+,49+/m1/s1. The Kier molecular flexibility index (Phi) is 15.1. The zero-order valence-corrected chi connectivity index (χ0v) is 40.5. The Morgan fingerprint density at radius 2 is 1.33 bits per heavy atom. The molecule has 20 nitrogen and oxygen atoms in total. The van der Waals surface area contributed by atoms with Gasteiger partial charge in [0, 0.05) is 50.0 Å². The second-order valence-corrected chi connectivity index (χ2v) is 22.3. The molecule has 8 fully saturated rings. The maximum Gasteiger partial charge on any atom is 0.331 e. The summed E-state index contributed by atoms with van der Waals surface area (Å²) in [6.45, 7) is 10.4. The van der Waals surface area contributed by atoms with Crippen molar-refractivity contribution in [2.24, 2.45) is 34.5 Å². The van der Waals surface area contributed by atoms with Crippen molar-refractivity contribution >= 4 is 11.9 Å². The fourth-order valence-electron chi connectivity index (χ4n) is 14.7. The number of hydrogen-bond acceptors (Lipinski definition) is 20. The Hall–Kier alpha value is -1.96. The van der Waals surface area contributed by atoms with Crippen LogP contribution in [0.2, 0.25) is 0 Å². The minimum atomic E-state index is -1.68. The number of carbonyl (C=O) groups excluding carboxylic acids is 2. The molecule has 392 valence electrons. The lowest BCUT2D eigenvalue weighted by atomic mass is 9.43. The SMILES string of the molecule is CC(=O)O[C@H]1C[C@@H](O[C@@H]2[C@@H](O)C[C@@H](O[C@@H]3[C@@H](O)C[C@@H](O[C@H]4CC[C@]5(C)[C@@H](CC[C@H]6[C@H]5CC[C@@]5(C)[C@H](C7=CC(=O)OC7)[C@H](O)C[C@]65O)C4)O[C@@H]3C)O[C@@H]2C)O[C@H](C)[C@@H]1O[C@H]1O[C@@H](CO)[C@H](O)[C@@H](O)[C@@H]1O. The van der Waals surface area contributed by atoms with E-state index in [1.165, 1.54) is 13.0 Å². The normalized spacial score (nSPS) is 53.3. The number of carbonyl (C=O) groups is 2. The van der Waals surface area contributed by atoms with E-state index in [1.807, 2.05) is 6.92 Å². The predicted molar refractivity (Wildman–Crippen MR) is 235 cm³/mol. The van der Waals surface area contributed by atoms with Crippen LogP contribution in [0.3, 0.4) is 0 Å². The summed E-state index contributed by atoms with van der Waals surface area (Å²) >= 11 is 0. The van der Waals surface area contributed by atoms with E-state index >= 15 is 0 Å². The first-order valence-corrected chi connectivity index (χ1v) is 25.3. The van der Waals surface area contributed by atoms with Gasteiger partial charge in [-0.15, -0.1) is 0 Å². The van der Waals surface area contributed by atoms with Crippen molar-refractivity contribution in [1.82, 2.24) is 0 Å². The summed E-state index contributed by atoms with van der Waals surface area (Å²) in [5.74, 6) is -0.609.